The summed E-state index contributed by atoms with van der Waals surface area (Å²) in [5.74, 6) is 0.856. The lowest BCUT2D eigenvalue weighted by atomic mass is 10.2. The number of nitrogens with zero attached hydrogens (tertiary/aromatic N) is 2. The minimum Gasteiger partial charge on any atom is -0.497 e. The summed E-state index contributed by atoms with van der Waals surface area (Å²) in [6, 6.07) is 15.2. The lowest BCUT2D eigenvalue weighted by molar-refractivity contribution is 0.207. The third kappa shape index (κ3) is 6.74. The maximum atomic E-state index is 12.7. The van der Waals surface area contributed by atoms with Gasteiger partial charge in [-0.25, -0.2) is 9.59 Å². The second-order valence-corrected chi connectivity index (χ2v) is 6.04. The van der Waals surface area contributed by atoms with E-state index in [0.29, 0.717) is 23.7 Å². The Labute approximate surface area is 170 Å². The van der Waals surface area contributed by atoms with Crippen molar-refractivity contribution in [2.45, 2.75) is 19.8 Å². The van der Waals surface area contributed by atoms with Crippen molar-refractivity contribution in [3.63, 3.8) is 0 Å². The molecule has 0 atom stereocenters. The van der Waals surface area contributed by atoms with Crippen molar-refractivity contribution < 1.29 is 19.1 Å². The van der Waals surface area contributed by atoms with Crippen LogP contribution in [0.3, 0.4) is 0 Å². The highest BCUT2D eigenvalue weighted by molar-refractivity contribution is 5.91. The summed E-state index contributed by atoms with van der Waals surface area (Å²) in [6.45, 7) is 2.69. The Hall–Kier alpha value is -3.73. The number of urea groups is 1. The average molecular weight is 396 g/mol. The van der Waals surface area contributed by atoms with E-state index in [0.717, 1.165) is 6.42 Å². The fraction of sp³-hybridized carbons (Fsp3) is 0.286. The van der Waals surface area contributed by atoms with E-state index < -0.39 is 6.09 Å². The monoisotopic (exact) mass is 396 g/mol. The molecule has 0 saturated heterocycles. The van der Waals surface area contributed by atoms with Crippen LogP contribution < -0.4 is 25.0 Å². The van der Waals surface area contributed by atoms with Crippen LogP contribution in [-0.4, -0.2) is 32.3 Å². The Bertz CT molecular complexity index is 879. The van der Waals surface area contributed by atoms with Crippen LogP contribution in [0.2, 0.25) is 0 Å². The van der Waals surface area contributed by atoms with E-state index in [1.807, 2.05) is 13.0 Å². The highest BCUT2D eigenvalue weighted by Crippen LogP contribution is 2.24. The number of hydrogen-bond donors (Lipinski definition) is 2. The molecule has 0 heterocycles. The molecule has 0 aliphatic heterocycles. The number of anilines is 2. The lowest BCUT2D eigenvalue weighted by Gasteiger charge is -2.21. The van der Waals surface area contributed by atoms with Crippen LogP contribution in [0.4, 0.5) is 21.0 Å². The predicted molar refractivity (Wildman–Crippen MR) is 110 cm³/mol. The number of carbonyl (C=O) groups excluding carboxylic acids is 2. The van der Waals surface area contributed by atoms with Gasteiger partial charge < -0.3 is 20.1 Å². The molecular weight excluding hydrogens is 372 g/mol. The number of carbonyl (C=O) groups is 2. The van der Waals surface area contributed by atoms with Gasteiger partial charge in [0.25, 0.3) is 0 Å². The van der Waals surface area contributed by atoms with Crippen LogP contribution in [0.5, 0.6) is 11.5 Å². The van der Waals surface area contributed by atoms with E-state index in [-0.39, 0.29) is 24.7 Å². The van der Waals surface area contributed by atoms with Gasteiger partial charge in [0.2, 0.25) is 0 Å². The van der Waals surface area contributed by atoms with Gasteiger partial charge in [-0.1, -0.05) is 19.1 Å². The topological polar surface area (TPSA) is 104 Å². The molecule has 152 valence electrons. The van der Waals surface area contributed by atoms with Gasteiger partial charge in [-0.05, 0) is 30.7 Å². The molecule has 2 N–H and O–H groups in total. The fourth-order valence-electron chi connectivity index (χ4n) is 2.47. The minimum atomic E-state index is -0.638. The molecule has 2 rings (SSSR count). The van der Waals surface area contributed by atoms with Crippen molar-refractivity contribution in [3.8, 4) is 17.6 Å². The average Bonchev–Trinajstić information content (AvgIpc) is 2.73. The van der Waals surface area contributed by atoms with Gasteiger partial charge in [0.1, 0.15) is 11.5 Å². The van der Waals surface area contributed by atoms with Gasteiger partial charge in [-0.15, -0.1) is 0 Å². The third-order valence-electron chi connectivity index (χ3n) is 3.87. The highest BCUT2D eigenvalue weighted by Gasteiger charge is 2.19. The molecule has 0 aliphatic rings. The summed E-state index contributed by atoms with van der Waals surface area (Å²) in [7, 11) is 1.53. The summed E-state index contributed by atoms with van der Waals surface area (Å²) in [6.07, 6.45) is 0.334. The summed E-state index contributed by atoms with van der Waals surface area (Å²) in [4.78, 5) is 25.9. The van der Waals surface area contributed by atoms with E-state index >= 15 is 0 Å². The molecule has 8 nitrogen and oxygen atoms in total. The number of amides is 3. The fourth-order valence-corrected chi connectivity index (χ4v) is 2.47. The van der Waals surface area contributed by atoms with Crippen molar-refractivity contribution >= 4 is 23.5 Å². The first-order chi connectivity index (χ1) is 14.1. The Morgan fingerprint density at radius 2 is 1.90 bits per heavy atom. The van der Waals surface area contributed by atoms with Crippen LogP contribution in [0.15, 0.2) is 48.5 Å². The third-order valence-corrected chi connectivity index (χ3v) is 3.87. The second-order valence-electron chi connectivity index (χ2n) is 6.04. The maximum absolute atomic E-state index is 12.7. The quantitative estimate of drug-likeness (QED) is 0.698. The van der Waals surface area contributed by atoms with Crippen LogP contribution in [0.1, 0.15) is 19.8 Å². The second kappa shape index (κ2) is 11.2. The molecule has 8 heteroatoms. The van der Waals surface area contributed by atoms with Crippen LogP contribution in [0, 0.1) is 11.3 Å². The SMILES string of the molecule is CCCNC(=O)Nc1cccc(OC(=O)N(CCC#N)c2cccc(OC)c2)c1. The molecule has 29 heavy (non-hydrogen) atoms. The molecule has 0 spiro atoms. The van der Waals surface area contributed by atoms with Crippen molar-refractivity contribution in [3.05, 3.63) is 48.5 Å². The van der Waals surface area contributed by atoms with Crippen molar-refractivity contribution in [1.82, 2.24) is 5.32 Å². The zero-order chi connectivity index (χ0) is 21.1. The number of rotatable bonds is 8. The Kier molecular flexibility index (Phi) is 8.32. The van der Waals surface area contributed by atoms with E-state index in [4.69, 9.17) is 14.7 Å². The first kappa shape index (κ1) is 21.6. The zero-order valence-corrected chi connectivity index (χ0v) is 16.5. The van der Waals surface area contributed by atoms with E-state index in [2.05, 4.69) is 10.6 Å². The van der Waals surface area contributed by atoms with Crippen LogP contribution in [0.25, 0.3) is 0 Å². The summed E-state index contributed by atoms with van der Waals surface area (Å²) < 4.78 is 10.7. The number of methoxy groups -OCH3 is 1. The van der Waals surface area contributed by atoms with E-state index in [1.54, 1.807) is 48.5 Å². The normalized spacial score (nSPS) is 9.83. The van der Waals surface area contributed by atoms with Gasteiger partial charge in [0.05, 0.1) is 25.3 Å². The van der Waals surface area contributed by atoms with Crippen LogP contribution in [-0.2, 0) is 0 Å². The van der Waals surface area contributed by atoms with Gasteiger partial charge in [0.15, 0.2) is 0 Å². The molecule has 2 aromatic carbocycles. The van der Waals surface area contributed by atoms with E-state index in [1.165, 1.54) is 12.0 Å². The van der Waals surface area contributed by atoms with Gasteiger partial charge in [-0.2, -0.15) is 5.26 Å². The standard InChI is InChI=1S/C21H24N4O4/c1-3-12-23-20(26)24-16-7-4-10-19(14-16)29-21(27)25(13-6-11-22)17-8-5-9-18(15-17)28-2/h4-5,7-10,14-15H,3,6,12-13H2,1-2H3,(H2,23,24,26). The molecule has 0 unspecified atom stereocenters. The molecule has 0 saturated carbocycles. The molecule has 3 amide bonds. The molecular formula is C21H24N4O4. The molecule has 0 aromatic heterocycles. The van der Waals surface area contributed by atoms with Crippen molar-refractivity contribution in [2.24, 2.45) is 0 Å². The number of benzene rings is 2. The Balaban J connectivity index is 2.13. The number of nitriles is 1. The largest absolute Gasteiger partial charge is 0.497 e. The first-order valence-corrected chi connectivity index (χ1v) is 9.22. The van der Waals surface area contributed by atoms with Crippen molar-refractivity contribution in [1.29, 1.82) is 5.26 Å². The smallest absolute Gasteiger partial charge is 0.419 e. The van der Waals surface area contributed by atoms with Gasteiger partial charge in [-0.3, -0.25) is 4.90 Å². The highest BCUT2D eigenvalue weighted by atomic mass is 16.6. The molecule has 0 fully saturated rings. The summed E-state index contributed by atoms with van der Waals surface area (Å²) in [5.41, 5.74) is 1.05. The molecule has 0 bridgehead atoms. The summed E-state index contributed by atoms with van der Waals surface area (Å²) >= 11 is 0. The maximum Gasteiger partial charge on any atom is 0.419 e. The number of ether oxygens (including phenoxy) is 2. The first-order valence-electron chi connectivity index (χ1n) is 9.22. The minimum absolute atomic E-state index is 0.144. The molecule has 0 radical (unpaired) electrons. The Morgan fingerprint density at radius 1 is 1.14 bits per heavy atom. The molecule has 0 aliphatic carbocycles. The Morgan fingerprint density at radius 3 is 2.62 bits per heavy atom. The van der Waals surface area contributed by atoms with Gasteiger partial charge in [0, 0.05) is 30.9 Å². The number of nitrogens with one attached hydrogen (secondary N) is 2. The lowest BCUT2D eigenvalue weighted by Crippen LogP contribution is -2.34. The predicted octanol–water partition coefficient (Wildman–Crippen LogP) is 4.15. The van der Waals surface area contributed by atoms with Crippen LogP contribution >= 0.6 is 0 Å². The van der Waals surface area contributed by atoms with Crippen molar-refractivity contribution in [2.75, 3.05) is 30.4 Å². The number of hydrogen-bond acceptors (Lipinski definition) is 5. The zero-order valence-electron chi connectivity index (χ0n) is 16.5. The van der Waals surface area contributed by atoms with Gasteiger partial charge >= 0.3 is 12.1 Å². The molecule has 2 aromatic rings. The summed E-state index contributed by atoms with van der Waals surface area (Å²) in [5, 5.41) is 14.3. The van der Waals surface area contributed by atoms with E-state index in [9.17, 15) is 9.59 Å².